The summed E-state index contributed by atoms with van der Waals surface area (Å²) in [5.74, 6) is 0.903. The smallest absolute Gasteiger partial charge is 0.281 e. The van der Waals surface area contributed by atoms with Crippen molar-refractivity contribution < 1.29 is 4.68 Å². The number of rotatable bonds is 4. The zero-order valence-electron chi connectivity index (χ0n) is 12.9. The molecule has 5 nitrogen and oxygen atoms in total. The van der Waals surface area contributed by atoms with Gasteiger partial charge in [0, 0.05) is 11.7 Å². The lowest BCUT2D eigenvalue weighted by Gasteiger charge is -2.25. The number of nitrogens with zero attached hydrogens (tertiary/aromatic N) is 5. The number of anilines is 1. The van der Waals surface area contributed by atoms with E-state index in [9.17, 15) is 0 Å². The fourth-order valence-electron chi connectivity index (χ4n) is 2.03. The van der Waals surface area contributed by atoms with Crippen molar-refractivity contribution in [2.24, 2.45) is 5.41 Å². The molecule has 0 unspecified atom stereocenters. The molecule has 0 amide bonds. The predicted molar refractivity (Wildman–Crippen MR) is 85.2 cm³/mol. The number of hydrogen-bond acceptors (Lipinski definition) is 4. The normalized spacial score (nSPS) is 11.4. The van der Waals surface area contributed by atoms with Crippen LogP contribution in [-0.4, -0.2) is 15.2 Å². The second-order valence-electron chi connectivity index (χ2n) is 6.17. The van der Waals surface area contributed by atoms with Gasteiger partial charge in [0.05, 0.1) is 12.2 Å². The number of aromatic nitrogens is 4. The second kappa shape index (κ2) is 5.81. The van der Waals surface area contributed by atoms with Gasteiger partial charge in [-0.3, -0.25) is 0 Å². The van der Waals surface area contributed by atoms with Crippen molar-refractivity contribution in [3.8, 4) is 0 Å². The minimum absolute atomic E-state index is 0.124. The van der Waals surface area contributed by atoms with Crippen LogP contribution in [0.25, 0.3) is 0 Å². The third-order valence-corrected chi connectivity index (χ3v) is 3.12. The maximum Gasteiger partial charge on any atom is 0.281 e. The molecular formula is C15H21N5S. The Kier molecular flexibility index (Phi) is 4.27. The zero-order valence-corrected chi connectivity index (χ0v) is 13.8. The van der Waals surface area contributed by atoms with Gasteiger partial charge in [0.15, 0.2) is 5.21 Å². The van der Waals surface area contributed by atoms with Gasteiger partial charge in [-0.2, -0.15) is 5.01 Å². The average Bonchev–Trinajstić information content (AvgIpc) is 2.71. The Morgan fingerprint density at radius 3 is 2.48 bits per heavy atom. The first-order chi connectivity index (χ1) is 9.79. The summed E-state index contributed by atoms with van der Waals surface area (Å²) >= 11 is 5.28. The summed E-state index contributed by atoms with van der Waals surface area (Å²) in [7, 11) is 0. The summed E-state index contributed by atoms with van der Waals surface area (Å²) in [5, 5.41) is 10.7. The Morgan fingerprint density at radius 1 is 1.33 bits per heavy atom. The molecule has 0 fully saturated rings. The third-order valence-electron chi connectivity index (χ3n) is 2.95. The fraction of sp³-hybridized carbons (Fsp3) is 0.400. The quantitative estimate of drug-likeness (QED) is 0.641. The lowest BCUT2D eigenvalue weighted by atomic mass is 9.97. The first-order valence-electron chi connectivity index (χ1n) is 6.83. The summed E-state index contributed by atoms with van der Waals surface area (Å²) in [6, 6.07) is 9.80. The van der Waals surface area contributed by atoms with E-state index in [0.29, 0.717) is 5.03 Å². The summed E-state index contributed by atoms with van der Waals surface area (Å²) in [6.07, 6.45) is 0. The van der Waals surface area contributed by atoms with E-state index < -0.39 is 0 Å². The Balaban J connectivity index is 2.42. The molecule has 1 aromatic heterocycles. The highest BCUT2D eigenvalue weighted by Gasteiger charge is 2.25. The van der Waals surface area contributed by atoms with E-state index in [2.05, 4.69) is 37.8 Å². The molecule has 0 radical (unpaired) electrons. The highest BCUT2D eigenvalue weighted by molar-refractivity contribution is 7.63. The van der Waals surface area contributed by atoms with Crippen LogP contribution in [0, 0.1) is 12.3 Å². The molecular weight excluding hydrogens is 282 g/mol. The van der Waals surface area contributed by atoms with E-state index in [-0.39, 0.29) is 5.41 Å². The molecule has 0 N–H and O–H groups in total. The third kappa shape index (κ3) is 3.58. The van der Waals surface area contributed by atoms with E-state index in [0.717, 1.165) is 18.1 Å². The molecule has 2 aromatic rings. The largest absolute Gasteiger partial charge is 0.759 e. The lowest BCUT2D eigenvalue weighted by molar-refractivity contribution is -0.769. The molecule has 0 bridgehead atoms. The monoisotopic (exact) mass is 303 g/mol. The standard InChI is InChI=1S/C15H21N5S/c1-12-18(11-15(3,4)5)16-17-20(12)19(13(2)21)14-9-7-6-8-10-14/h6-10H,2,11H2,1,3-5H3. The van der Waals surface area contributed by atoms with Crippen LogP contribution < -0.4 is 9.69 Å². The molecule has 6 heteroatoms. The molecule has 0 saturated heterocycles. The van der Waals surface area contributed by atoms with Gasteiger partial charge in [-0.1, -0.05) is 50.6 Å². The van der Waals surface area contributed by atoms with Gasteiger partial charge >= 0.3 is 0 Å². The van der Waals surface area contributed by atoms with Crippen LogP contribution in [0.3, 0.4) is 0 Å². The number of benzene rings is 1. The number of para-hydroxylation sites is 1. The molecule has 112 valence electrons. The van der Waals surface area contributed by atoms with Gasteiger partial charge in [0.2, 0.25) is 0 Å². The van der Waals surface area contributed by atoms with Crippen LogP contribution in [-0.2, 0) is 19.2 Å². The van der Waals surface area contributed by atoms with E-state index in [1.54, 1.807) is 9.80 Å². The zero-order chi connectivity index (χ0) is 15.6. The van der Waals surface area contributed by atoms with Gasteiger partial charge in [-0.25, -0.2) is 0 Å². The van der Waals surface area contributed by atoms with Crippen LogP contribution >= 0.6 is 0 Å². The molecule has 0 aliphatic rings. The summed E-state index contributed by atoms with van der Waals surface area (Å²) < 4.78 is 1.88. The predicted octanol–water partition coefficient (Wildman–Crippen LogP) is 2.21. The summed E-state index contributed by atoms with van der Waals surface area (Å²) in [4.78, 5) is 1.69. The maximum absolute atomic E-state index is 5.28. The van der Waals surface area contributed by atoms with Crippen molar-refractivity contribution in [2.45, 2.75) is 34.2 Å². The minimum atomic E-state index is 0.124. The molecule has 0 aliphatic heterocycles. The van der Waals surface area contributed by atoms with E-state index in [1.807, 2.05) is 41.9 Å². The van der Waals surface area contributed by atoms with E-state index in [1.165, 1.54) is 0 Å². The fourth-order valence-corrected chi connectivity index (χ4v) is 2.21. The van der Waals surface area contributed by atoms with Crippen LogP contribution in [0.1, 0.15) is 26.6 Å². The highest BCUT2D eigenvalue weighted by atomic mass is 32.1. The molecule has 0 saturated carbocycles. The van der Waals surface area contributed by atoms with Gasteiger partial charge in [0.1, 0.15) is 5.21 Å². The molecule has 0 aliphatic carbocycles. The summed E-state index contributed by atoms with van der Waals surface area (Å²) in [5.41, 5.74) is 1.03. The van der Waals surface area contributed by atoms with Crippen LogP contribution in [0.2, 0.25) is 0 Å². The molecule has 0 spiro atoms. The maximum atomic E-state index is 5.28. The van der Waals surface area contributed by atoms with Crippen molar-refractivity contribution in [2.75, 3.05) is 5.01 Å². The Morgan fingerprint density at radius 2 is 1.95 bits per heavy atom. The Labute approximate surface area is 131 Å². The minimum Gasteiger partial charge on any atom is -0.759 e. The molecule has 1 heterocycles. The first kappa shape index (κ1) is 15.4. The van der Waals surface area contributed by atoms with Crippen LogP contribution in [0.4, 0.5) is 5.69 Å². The molecule has 21 heavy (non-hydrogen) atoms. The molecule has 1 aromatic carbocycles. The van der Waals surface area contributed by atoms with E-state index >= 15 is 0 Å². The van der Waals surface area contributed by atoms with Gasteiger partial charge in [0.25, 0.3) is 5.82 Å². The van der Waals surface area contributed by atoms with Crippen molar-refractivity contribution in [1.29, 1.82) is 0 Å². The van der Waals surface area contributed by atoms with Gasteiger partial charge < -0.3 is 12.6 Å². The lowest BCUT2D eigenvalue weighted by Crippen LogP contribution is -2.45. The topological polar surface area (TPSA) is 37.8 Å². The van der Waals surface area contributed by atoms with Crippen LogP contribution in [0.15, 0.2) is 41.9 Å². The van der Waals surface area contributed by atoms with Crippen molar-refractivity contribution in [1.82, 2.24) is 15.2 Å². The number of hydrogen-bond donors (Lipinski definition) is 0. The number of tetrazole rings is 1. The van der Waals surface area contributed by atoms with Crippen molar-refractivity contribution >= 4 is 18.3 Å². The SMILES string of the molecule is C=C([S-])N(c1ccccc1)n1nn[n+](CC(C)(C)C)c1C. The average molecular weight is 303 g/mol. The first-order valence-corrected chi connectivity index (χ1v) is 7.24. The van der Waals surface area contributed by atoms with Gasteiger partial charge in [-0.05, 0) is 17.5 Å². The second-order valence-corrected chi connectivity index (χ2v) is 6.65. The highest BCUT2D eigenvalue weighted by Crippen LogP contribution is 2.18. The van der Waals surface area contributed by atoms with Crippen molar-refractivity contribution in [3.63, 3.8) is 0 Å². The van der Waals surface area contributed by atoms with E-state index in [4.69, 9.17) is 12.6 Å². The summed E-state index contributed by atoms with van der Waals surface area (Å²) in [6.45, 7) is 13.1. The molecule has 0 atom stereocenters. The van der Waals surface area contributed by atoms with Crippen LogP contribution in [0.5, 0.6) is 0 Å². The van der Waals surface area contributed by atoms with Crippen molar-refractivity contribution in [3.05, 3.63) is 47.8 Å². The Hall–Kier alpha value is -1.95. The van der Waals surface area contributed by atoms with Gasteiger partial charge in [-0.15, -0.1) is 4.68 Å². The Bertz CT molecular complexity index is 627. The molecule has 2 rings (SSSR count).